The smallest absolute Gasteiger partial charge is 0.253 e. The Balaban J connectivity index is 2.19. The predicted octanol–water partition coefficient (Wildman–Crippen LogP) is 3.76. The molecule has 0 saturated carbocycles. The molecule has 0 aromatic heterocycles. The van der Waals surface area contributed by atoms with Gasteiger partial charge in [-0.05, 0) is 43.7 Å². The average molecular weight is 285 g/mol. The normalized spacial score (nSPS) is 11.8. The summed E-state index contributed by atoms with van der Waals surface area (Å²) in [6.45, 7) is 3.69. The first kappa shape index (κ1) is 15.1. The average Bonchev–Trinajstić information content (AvgIpc) is 2.48. The number of carbonyl (C=O) groups excluding carboxylic acids is 1. The molecule has 1 N–H and O–H groups in total. The highest BCUT2D eigenvalue weighted by Crippen LogP contribution is 2.29. The molecule has 1 amide bonds. The molecule has 21 heavy (non-hydrogen) atoms. The van der Waals surface area contributed by atoms with Crippen molar-refractivity contribution in [3.8, 4) is 11.5 Å². The molecule has 0 aliphatic carbocycles. The molecular formula is C17H19NO3. The summed E-state index contributed by atoms with van der Waals surface area (Å²) in [5, 5.41) is 2.81. The van der Waals surface area contributed by atoms with Crippen molar-refractivity contribution in [2.75, 3.05) is 12.4 Å². The largest absolute Gasteiger partial charge is 0.455 e. The Bertz CT molecular complexity index is 625. The molecule has 2 aromatic rings. The zero-order chi connectivity index (χ0) is 15.2. The van der Waals surface area contributed by atoms with Gasteiger partial charge in [0.15, 0.2) is 5.75 Å². The molecule has 0 aliphatic rings. The Hall–Kier alpha value is -2.33. The maximum Gasteiger partial charge on any atom is 0.253 e. The molecule has 0 bridgehead atoms. The number of methoxy groups -OCH3 is 1. The summed E-state index contributed by atoms with van der Waals surface area (Å²) < 4.78 is 10.9. The number of ether oxygens (including phenoxy) is 2. The van der Waals surface area contributed by atoms with Crippen LogP contribution in [0.15, 0.2) is 48.5 Å². The zero-order valence-electron chi connectivity index (χ0n) is 12.4. The van der Waals surface area contributed by atoms with Gasteiger partial charge in [0, 0.05) is 7.11 Å². The Kier molecular flexibility index (Phi) is 4.95. The number of hydrogen-bond acceptors (Lipinski definition) is 3. The van der Waals surface area contributed by atoms with Gasteiger partial charge in [-0.1, -0.05) is 24.3 Å². The molecule has 0 saturated heterocycles. The SMILES string of the molecule is COC(C)C(=O)Nc1ccccc1Oc1cccc(C)c1. The van der Waals surface area contributed by atoms with Gasteiger partial charge in [-0.15, -0.1) is 0 Å². The molecular weight excluding hydrogens is 266 g/mol. The first-order chi connectivity index (χ1) is 10.1. The van der Waals surface area contributed by atoms with Crippen LogP contribution in [-0.2, 0) is 9.53 Å². The lowest BCUT2D eigenvalue weighted by atomic mass is 10.2. The monoisotopic (exact) mass is 285 g/mol. The first-order valence-corrected chi connectivity index (χ1v) is 6.77. The summed E-state index contributed by atoms with van der Waals surface area (Å²) in [4.78, 5) is 11.9. The molecule has 1 unspecified atom stereocenters. The van der Waals surface area contributed by atoms with Gasteiger partial charge in [0.1, 0.15) is 11.9 Å². The van der Waals surface area contributed by atoms with Crippen molar-refractivity contribution in [1.82, 2.24) is 0 Å². The Morgan fingerprint density at radius 3 is 2.62 bits per heavy atom. The van der Waals surface area contributed by atoms with Gasteiger partial charge in [-0.2, -0.15) is 0 Å². The van der Waals surface area contributed by atoms with E-state index in [1.807, 2.05) is 49.4 Å². The topological polar surface area (TPSA) is 47.6 Å². The lowest BCUT2D eigenvalue weighted by Crippen LogP contribution is -2.26. The number of para-hydroxylation sites is 2. The molecule has 4 nitrogen and oxygen atoms in total. The van der Waals surface area contributed by atoms with Crippen molar-refractivity contribution < 1.29 is 14.3 Å². The number of aryl methyl sites for hydroxylation is 1. The van der Waals surface area contributed by atoms with Crippen LogP contribution in [0.3, 0.4) is 0 Å². The molecule has 110 valence electrons. The fourth-order valence-corrected chi connectivity index (χ4v) is 1.81. The van der Waals surface area contributed by atoms with Crippen molar-refractivity contribution >= 4 is 11.6 Å². The van der Waals surface area contributed by atoms with E-state index in [-0.39, 0.29) is 5.91 Å². The number of hydrogen-bond donors (Lipinski definition) is 1. The summed E-state index contributed by atoms with van der Waals surface area (Å²) in [7, 11) is 1.50. The first-order valence-electron chi connectivity index (χ1n) is 6.77. The van der Waals surface area contributed by atoms with Crippen LogP contribution in [0.2, 0.25) is 0 Å². The van der Waals surface area contributed by atoms with E-state index in [1.165, 1.54) is 7.11 Å². The number of amides is 1. The van der Waals surface area contributed by atoms with Crippen LogP contribution in [0.5, 0.6) is 11.5 Å². The molecule has 0 radical (unpaired) electrons. The summed E-state index contributed by atoms with van der Waals surface area (Å²) in [6, 6.07) is 15.1. The van der Waals surface area contributed by atoms with E-state index in [4.69, 9.17) is 9.47 Å². The number of rotatable bonds is 5. The fourth-order valence-electron chi connectivity index (χ4n) is 1.81. The minimum Gasteiger partial charge on any atom is -0.455 e. The van der Waals surface area contributed by atoms with Gasteiger partial charge in [0.05, 0.1) is 5.69 Å². The highest BCUT2D eigenvalue weighted by Gasteiger charge is 2.14. The van der Waals surface area contributed by atoms with Crippen molar-refractivity contribution in [3.63, 3.8) is 0 Å². The molecule has 0 heterocycles. The second-order valence-corrected chi connectivity index (χ2v) is 4.78. The lowest BCUT2D eigenvalue weighted by Gasteiger charge is -2.14. The van der Waals surface area contributed by atoms with Crippen LogP contribution < -0.4 is 10.1 Å². The van der Waals surface area contributed by atoms with Crippen LogP contribution in [-0.4, -0.2) is 19.1 Å². The summed E-state index contributed by atoms with van der Waals surface area (Å²) >= 11 is 0. The van der Waals surface area contributed by atoms with Gasteiger partial charge in [-0.25, -0.2) is 0 Å². The maximum absolute atomic E-state index is 11.9. The quantitative estimate of drug-likeness (QED) is 0.910. The number of benzene rings is 2. The third-order valence-electron chi connectivity index (χ3n) is 3.09. The van der Waals surface area contributed by atoms with E-state index in [2.05, 4.69) is 5.32 Å². The standard InChI is InChI=1S/C17H19NO3/c1-12-7-6-8-14(11-12)21-16-10-5-4-9-15(16)18-17(19)13(2)20-3/h4-11,13H,1-3H3,(H,18,19). The van der Waals surface area contributed by atoms with E-state index >= 15 is 0 Å². The molecule has 1 atom stereocenters. The van der Waals surface area contributed by atoms with E-state index in [0.29, 0.717) is 11.4 Å². The van der Waals surface area contributed by atoms with Crippen LogP contribution in [0, 0.1) is 6.92 Å². The second kappa shape index (κ2) is 6.90. The number of nitrogens with one attached hydrogen (secondary N) is 1. The van der Waals surface area contributed by atoms with E-state index in [1.54, 1.807) is 13.0 Å². The molecule has 2 rings (SSSR count). The summed E-state index contributed by atoms with van der Waals surface area (Å²) in [5.74, 6) is 1.12. The molecule has 2 aromatic carbocycles. The fraction of sp³-hybridized carbons (Fsp3) is 0.235. The Labute approximate surface area is 124 Å². The minimum absolute atomic E-state index is 0.210. The van der Waals surface area contributed by atoms with Crippen LogP contribution in [0.25, 0.3) is 0 Å². The van der Waals surface area contributed by atoms with E-state index in [9.17, 15) is 4.79 Å². The Morgan fingerprint density at radius 2 is 1.90 bits per heavy atom. The second-order valence-electron chi connectivity index (χ2n) is 4.78. The predicted molar refractivity (Wildman–Crippen MR) is 82.8 cm³/mol. The van der Waals surface area contributed by atoms with Gasteiger partial charge >= 0.3 is 0 Å². The van der Waals surface area contributed by atoms with Gasteiger partial charge in [0.25, 0.3) is 5.91 Å². The highest BCUT2D eigenvalue weighted by atomic mass is 16.5. The van der Waals surface area contributed by atoms with Crippen molar-refractivity contribution in [1.29, 1.82) is 0 Å². The molecule has 4 heteroatoms. The number of carbonyl (C=O) groups is 1. The van der Waals surface area contributed by atoms with Gasteiger partial charge in [0.2, 0.25) is 0 Å². The van der Waals surface area contributed by atoms with Crippen LogP contribution >= 0.6 is 0 Å². The molecule has 0 spiro atoms. The van der Waals surface area contributed by atoms with E-state index < -0.39 is 6.10 Å². The van der Waals surface area contributed by atoms with Crippen molar-refractivity contribution in [2.24, 2.45) is 0 Å². The summed E-state index contributed by atoms with van der Waals surface area (Å²) in [6.07, 6.45) is -0.517. The Morgan fingerprint density at radius 1 is 1.14 bits per heavy atom. The van der Waals surface area contributed by atoms with Crippen molar-refractivity contribution in [2.45, 2.75) is 20.0 Å². The molecule has 0 aliphatic heterocycles. The zero-order valence-corrected chi connectivity index (χ0v) is 12.4. The summed E-state index contributed by atoms with van der Waals surface area (Å²) in [5.41, 5.74) is 1.73. The lowest BCUT2D eigenvalue weighted by molar-refractivity contribution is -0.124. The molecule has 0 fully saturated rings. The van der Waals surface area contributed by atoms with Crippen molar-refractivity contribution in [3.05, 3.63) is 54.1 Å². The minimum atomic E-state index is -0.517. The van der Waals surface area contributed by atoms with E-state index in [0.717, 1.165) is 11.3 Å². The maximum atomic E-state index is 11.9. The van der Waals surface area contributed by atoms with Gasteiger partial charge < -0.3 is 14.8 Å². The van der Waals surface area contributed by atoms with Crippen LogP contribution in [0.4, 0.5) is 5.69 Å². The third kappa shape index (κ3) is 4.07. The highest BCUT2D eigenvalue weighted by molar-refractivity contribution is 5.95. The number of anilines is 1. The van der Waals surface area contributed by atoms with Crippen LogP contribution in [0.1, 0.15) is 12.5 Å². The third-order valence-corrected chi connectivity index (χ3v) is 3.09. The van der Waals surface area contributed by atoms with Gasteiger partial charge in [-0.3, -0.25) is 4.79 Å².